The SMILES string of the molecule is CN1CCOC(CNc2ccc(C#N)c(Br)c2F)C1. The molecular formula is C13H15BrFN3O. The molecule has 1 aliphatic rings. The van der Waals surface area contributed by atoms with Gasteiger partial charge in [-0.25, -0.2) is 4.39 Å². The summed E-state index contributed by atoms with van der Waals surface area (Å²) in [5, 5.41) is 11.8. The molecule has 2 rings (SSSR count). The van der Waals surface area contributed by atoms with Crippen LogP contribution >= 0.6 is 15.9 Å². The van der Waals surface area contributed by atoms with Gasteiger partial charge in [-0.15, -0.1) is 0 Å². The van der Waals surface area contributed by atoms with Crippen LogP contribution in [-0.2, 0) is 4.74 Å². The molecule has 6 heteroatoms. The number of benzene rings is 1. The fraction of sp³-hybridized carbons (Fsp3) is 0.462. The van der Waals surface area contributed by atoms with Gasteiger partial charge in [0.15, 0.2) is 5.82 Å². The van der Waals surface area contributed by atoms with E-state index in [0.717, 1.165) is 13.1 Å². The summed E-state index contributed by atoms with van der Waals surface area (Å²) in [6.45, 7) is 2.99. The summed E-state index contributed by atoms with van der Waals surface area (Å²) in [5.74, 6) is -0.441. The van der Waals surface area contributed by atoms with Crippen LogP contribution in [0.4, 0.5) is 10.1 Å². The Kier molecular flexibility index (Phi) is 4.75. The molecule has 1 saturated heterocycles. The summed E-state index contributed by atoms with van der Waals surface area (Å²) in [6.07, 6.45) is 0.0487. The third kappa shape index (κ3) is 3.44. The maximum absolute atomic E-state index is 14.0. The normalized spacial score (nSPS) is 20.0. The molecule has 1 aromatic carbocycles. The van der Waals surface area contributed by atoms with Gasteiger partial charge in [0.25, 0.3) is 0 Å². The van der Waals surface area contributed by atoms with Gasteiger partial charge in [0.2, 0.25) is 0 Å². The van der Waals surface area contributed by atoms with E-state index in [-0.39, 0.29) is 16.1 Å². The molecule has 1 aliphatic heterocycles. The number of nitrogens with zero attached hydrogens (tertiary/aromatic N) is 2. The number of morpholine rings is 1. The van der Waals surface area contributed by atoms with Gasteiger partial charge in [-0.05, 0) is 35.1 Å². The summed E-state index contributed by atoms with van der Waals surface area (Å²) in [7, 11) is 2.04. The Morgan fingerprint density at radius 3 is 3.11 bits per heavy atom. The lowest BCUT2D eigenvalue weighted by Gasteiger charge is -2.30. The minimum absolute atomic E-state index is 0.0487. The van der Waals surface area contributed by atoms with E-state index in [4.69, 9.17) is 10.00 Å². The molecule has 1 atom stereocenters. The molecule has 4 nitrogen and oxygen atoms in total. The first kappa shape index (κ1) is 14.3. The lowest BCUT2D eigenvalue weighted by Crippen LogP contribution is -2.43. The summed E-state index contributed by atoms with van der Waals surface area (Å²) >= 11 is 3.09. The van der Waals surface area contributed by atoms with Crippen LogP contribution in [0.25, 0.3) is 0 Å². The quantitative estimate of drug-likeness (QED) is 0.924. The van der Waals surface area contributed by atoms with Crippen LogP contribution in [0.1, 0.15) is 5.56 Å². The zero-order valence-corrected chi connectivity index (χ0v) is 12.2. The first-order chi connectivity index (χ1) is 9.11. The van der Waals surface area contributed by atoms with E-state index in [2.05, 4.69) is 26.1 Å². The highest BCUT2D eigenvalue weighted by atomic mass is 79.9. The molecule has 0 aliphatic carbocycles. The first-order valence-corrected chi connectivity index (χ1v) is 6.83. The number of ether oxygens (including phenoxy) is 1. The van der Waals surface area contributed by atoms with Crippen molar-refractivity contribution in [3.8, 4) is 6.07 Å². The monoisotopic (exact) mass is 327 g/mol. The van der Waals surface area contributed by atoms with Crippen LogP contribution in [0, 0.1) is 17.1 Å². The Bertz CT molecular complexity index is 503. The standard InChI is InChI=1S/C13H15BrFN3O/c1-18-4-5-19-10(8-18)7-17-11-3-2-9(6-16)12(14)13(11)15/h2-3,10,17H,4-5,7-8H2,1H3. The number of hydrogen-bond acceptors (Lipinski definition) is 4. The number of halogens is 2. The Labute approximate surface area is 120 Å². The molecule has 0 bridgehead atoms. The predicted octanol–water partition coefficient (Wildman–Crippen LogP) is 2.20. The Morgan fingerprint density at radius 2 is 2.42 bits per heavy atom. The number of nitriles is 1. The summed E-state index contributed by atoms with van der Waals surface area (Å²) in [4.78, 5) is 2.18. The maximum Gasteiger partial charge on any atom is 0.161 e. The average molecular weight is 328 g/mol. The van der Waals surface area contributed by atoms with E-state index < -0.39 is 5.82 Å². The van der Waals surface area contributed by atoms with Crippen LogP contribution in [0.15, 0.2) is 16.6 Å². The minimum atomic E-state index is -0.441. The fourth-order valence-corrected chi connectivity index (χ4v) is 2.42. The topological polar surface area (TPSA) is 48.3 Å². The van der Waals surface area contributed by atoms with Crippen molar-refractivity contribution in [3.63, 3.8) is 0 Å². The first-order valence-electron chi connectivity index (χ1n) is 6.04. The van der Waals surface area contributed by atoms with E-state index in [0.29, 0.717) is 18.8 Å². The Balaban J connectivity index is 2.00. The molecule has 1 heterocycles. The van der Waals surface area contributed by atoms with Crippen molar-refractivity contribution in [1.82, 2.24) is 4.90 Å². The molecule has 102 valence electrons. The molecule has 0 aromatic heterocycles. The average Bonchev–Trinajstić information content (AvgIpc) is 2.41. The zero-order valence-electron chi connectivity index (χ0n) is 10.6. The Morgan fingerprint density at radius 1 is 1.63 bits per heavy atom. The fourth-order valence-electron chi connectivity index (χ4n) is 1.99. The molecule has 0 saturated carbocycles. The van der Waals surface area contributed by atoms with E-state index in [9.17, 15) is 4.39 Å². The third-order valence-corrected chi connectivity index (χ3v) is 3.84. The molecule has 1 aromatic rings. The van der Waals surface area contributed by atoms with Crippen LogP contribution in [-0.4, -0.2) is 44.3 Å². The van der Waals surface area contributed by atoms with Gasteiger partial charge in [-0.1, -0.05) is 0 Å². The number of rotatable bonds is 3. The van der Waals surface area contributed by atoms with Gasteiger partial charge < -0.3 is 15.0 Å². The molecule has 0 spiro atoms. The lowest BCUT2D eigenvalue weighted by atomic mass is 10.2. The smallest absolute Gasteiger partial charge is 0.161 e. The van der Waals surface area contributed by atoms with Gasteiger partial charge in [0, 0.05) is 19.6 Å². The Hall–Kier alpha value is -1.16. The van der Waals surface area contributed by atoms with Crippen molar-refractivity contribution >= 4 is 21.6 Å². The van der Waals surface area contributed by atoms with Crippen molar-refractivity contribution in [2.45, 2.75) is 6.10 Å². The minimum Gasteiger partial charge on any atom is -0.380 e. The van der Waals surface area contributed by atoms with E-state index in [1.807, 2.05) is 13.1 Å². The van der Waals surface area contributed by atoms with Crippen LogP contribution in [0.2, 0.25) is 0 Å². The number of likely N-dealkylation sites (N-methyl/N-ethyl adjacent to an activating group) is 1. The molecule has 1 fully saturated rings. The van der Waals surface area contributed by atoms with Gasteiger partial charge in [-0.2, -0.15) is 5.26 Å². The highest BCUT2D eigenvalue weighted by molar-refractivity contribution is 9.10. The predicted molar refractivity (Wildman–Crippen MR) is 74.5 cm³/mol. The second-order valence-electron chi connectivity index (χ2n) is 4.54. The molecule has 19 heavy (non-hydrogen) atoms. The van der Waals surface area contributed by atoms with Crippen molar-refractivity contribution in [2.75, 3.05) is 38.6 Å². The van der Waals surface area contributed by atoms with Crippen molar-refractivity contribution in [3.05, 3.63) is 28.0 Å². The largest absolute Gasteiger partial charge is 0.380 e. The zero-order chi connectivity index (χ0) is 13.8. The van der Waals surface area contributed by atoms with Crippen molar-refractivity contribution in [1.29, 1.82) is 5.26 Å². The summed E-state index contributed by atoms with van der Waals surface area (Å²) < 4.78 is 19.8. The van der Waals surface area contributed by atoms with Crippen LogP contribution in [0.5, 0.6) is 0 Å². The summed E-state index contributed by atoms with van der Waals surface area (Å²) in [6, 6.07) is 5.09. The van der Waals surface area contributed by atoms with Crippen molar-refractivity contribution in [2.24, 2.45) is 0 Å². The van der Waals surface area contributed by atoms with Crippen LogP contribution < -0.4 is 5.32 Å². The van der Waals surface area contributed by atoms with E-state index in [1.165, 1.54) is 0 Å². The maximum atomic E-state index is 14.0. The summed E-state index contributed by atoms with van der Waals surface area (Å²) in [5.41, 5.74) is 0.666. The van der Waals surface area contributed by atoms with E-state index in [1.54, 1.807) is 12.1 Å². The van der Waals surface area contributed by atoms with Gasteiger partial charge in [-0.3, -0.25) is 0 Å². The second-order valence-corrected chi connectivity index (χ2v) is 5.33. The second kappa shape index (κ2) is 6.33. The highest BCUT2D eigenvalue weighted by Crippen LogP contribution is 2.26. The number of hydrogen-bond donors (Lipinski definition) is 1. The van der Waals surface area contributed by atoms with Crippen molar-refractivity contribution < 1.29 is 9.13 Å². The van der Waals surface area contributed by atoms with Gasteiger partial charge >= 0.3 is 0 Å². The highest BCUT2D eigenvalue weighted by Gasteiger charge is 2.18. The van der Waals surface area contributed by atoms with Gasteiger partial charge in [0.1, 0.15) is 6.07 Å². The molecular weight excluding hydrogens is 313 g/mol. The third-order valence-electron chi connectivity index (χ3n) is 3.06. The lowest BCUT2D eigenvalue weighted by molar-refractivity contribution is -0.0117. The number of nitrogens with one attached hydrogen (secondary N) is 1. The molecule has 0 amide bonds. The molecule has 1 N–H and O–H groups in total. The molecule has 0 radical (unpaired) electrons. The van der Waals surface area contributed by atoms with Gasteiger partial charge in [0.05, 0.1) is 28.4 Å². The molecule has 1 unspecified atom stereocenters. The number of anilines is 1. The van der Waals surface area contributed by atoms with E-state index >= 15 is 0 Å². The van der Waals surface area contributed by atoms with Crippen LogP contribution in [0.3, 0.4) is 0 Å².